The molecule has 0 radical (unpaired) electrons. The van der Waals surface area contributed by atoms with Gasteiger partial charge in [0.05, 0.1) is 6.42 Å². The molecule has 6 heteroatoms. The molecular weight excluding hydrogens is 430 g/mol. The molecule has 2 N–H and O–H groups in total. The lowest BCUT2D eigenvalue weighted by Gasteiger charge is -2.17. The molecular formula is C28H39NO5. The Morgan fingerprint density at radius 1 is 0.824 bits per heavy atom. The van der Waals surface area contributed by atoms with E-state index in [9.17, 15) is 14.7 Å². The summed E-state index contributed by atoms with van der Waals surface area (Å²) in [4.78, 5) is 34.3. The van der Waals surface area contributed by atoms with E-state index in [1.807, 2.05) is 36.4 Å². The molecule has 1 unspecified atom stereocenters. The fourth-order valence-electron chi connectivity index (χ4n) is 3.75. The normalized spacial score (nSPS) is 11.7. The van der Waals surface area contributed by atoms with Crippen LogP contribution < -0.4 is 5.32 Å². The number of aromatic hydroxyl groups is 1. The number of phenolic OH excluding ortho intramolecular Hbond substituents is 1. The van der Waals surface area contributed by atoms with Crippen LogP contribution in [-0.2, 0) is 32.3 Å². The van der Waals surface area contributed by atoms with E-state index in [0.717, 1.165) is 24.8 Å². The molecule has 0 bridgehead atoms. The van der Waals surface area contributed by atoms with E-state index >= 15 is 0 Å². The van der Waals surface area contributed by atoms with E-state index in [4.69, 9.17) is 9.78 Å². The molecule has 2 aromatic carbocycles. The minimum Gasteiger partial charge on any atom is -0.508 e. The summed E-state index contributed by atoms with van der Waals surface area (Å²) in [6, 6.07) is 15.7. The third-order valence-corrected chi connectivity index (χ3v) is 5.80. The van der Waals surface area contributed by atoms with Gasteiger partial charge in [-0.3, -0.25) is 5.32 Å². The summed E-state index contributed by atoms with van der Waals surface area (Å²) in [7, 11) is 0. The van der Waals surface area contributed by atoms with Gasteiger partial charge in [0.1, 0.15) is 11.8 Å². The maximum absolute atomic E-state index is 12.7. The maximum atomic E-state index is 12.7. The lowest BCUT2D eigenvalue weighted by atomic mass is 10.1. The highest BCUT2D eigenvalue weighted by Crippen LogP contribution is 2.16. The Kier molecular flexibility index (Phi) is 13.5. The summed E-state index contributed by atoms with van der Waals surface area (Å²) in [6.07, 6.45) is 11.0. The first-order valence-electron chi connectivity index (χ1n) is 12.6. The van der Waals surface area contributed by atoms with Crippen molar-refractivity contribution in [2.24, 2.45) is 0 Å². The molecule has 0 aromatic heterocycles. The SMILES string of the molecule is CCCCCCCCCCCC(=O)OOC(=O)C(Cc1ccccc1)NCc1ccccc1O. The zero-order valence-electron chi connectivity index (χ0n) is 20.3. The van der Waals surface area contributed by atoms with Gasteiger partial charge in [0.2, 0.25) is 0 Å². The van der Waals surface area contributed by atoms with Crippen LogP contribution in [0.5, 0.6) is 5.75 Å². The summed E-state index contributed by atoms with van der Waals surface area (Å²) in [5.41, 5.74) is 1.60. The van der Waals surface area contributed by atoms with Crippen molar-refractivity contribution in [3.8, 4) is 5.75 Å². The summed E-state index contributed by atoms with van der Waals surface area (Å²) >= 11 is 0. The standard InChI is InChI=1S/C28H39NO5/c1-2-3-4-5-6-7-8-9-13-20-27(31)33-34-28(32)25(21-23-16-11-10-12-17-23)29-22-24-18-14-15-19-26(24)30/h10-12,14-19,25,29-30H,2-9,13,20-22H2,1H3. The second-order valence-corrected chi connectivity index (χ2v) is 8.69. The molecule has 2 rings (SSSR count). The number of carbonyl (C=O) groups excluding carboxylic acids is 2. The number of para-hydroxylation sites is 1. The van der Waals surface area contributed by atoms with Crippen LogP contribution in [0.4, 0.5) is 0 Å². The van der Waals surface area contributed by atoms with Crippen molar-refractivity contribution in [2.75, 3.05) is 0 Å². The molecule has 6 nitrogen and oxygen atoms in total. The number of benzene rings is 2. The van der Waals surface area contributed by atoms with Gasteiger partial charge in [-0.15, -0.1) is 0 Å². The summed E-state index contributed by atoms with van der Waals surface area (Å²) in [5.74, 6) is -1.05. The number of carbonyl (C=O) groups is 2. The Balaban J connectivity index is 1.73. The van der Waals surface area contributed by atoms with Crippen LogP contribution in [0.15, 0.2) is 54.6 Å². The minimum absolute atomic E-state index is 0.147. The topological polar surface area (TPSA) is 84.9 Å². The van der Waals surface area contributed by atoms with Gasteiger partial charge in [-0.1, -0.05) is 107 Å². The zero-order chi connectivity index (χ0) is 24.4. The molecule has 0 aliphatic heterocycles. The van der Waals surface area contributed by atoms with Crippen molar-refractivity contribution in [3.63, 3.8) is 0 Å². The molecule has 2 aromatic rings. The fraction of sp³-hybridized carbons (Fsp3) is 0.500. The Morgan fingerprint density at radius 2 is 1.44 bits per heavy atom. The van der Waals surface area contributed by atoms with E-state index in [0.29, 0.717) is 12.0 Å². The zero-order valence-corrected chi connectivity index (χ0v) is 20.3. The van der Waals surface area contributed by atoms with E-state index < -0.39 is 18.0 Å². The van der Waals surface area contributed by atoms with Gasteiger partial charge in [-0.25, -0.2) is 19.4 Å². The highest BCUT2D eigenvalue weighted by molar-refractivity contribution is 5.77. The van der Waals surface area contributed by atoms with E-state index in [1.165, 1.54) is 38.5 Å². The molecule has 0 heterocycles. The monoisotopic (exact) mass is 469 g/mol. The number of hydrogen-bond acceptors (Lipinski definition) is 6. The van der Waals surface area contributed by atoms with Gasteiger partial charge >= 0.3 is 11.9 Å². The van der Waals surface area contributed by atoms with Crippen LogP contribution in [0.2, 0.25) is 0 Å². The quantitative estimate of drug-likeness (QED) is 0.178. The van der Waals surface area contributed by atoms with Gasteiger partial charge < -0.3 is 5.11 Å². The highest BCUT2D eigenvalue weighted by atomic mass is 17.2. The molecule has 0 fully saturated rings. The summed E-state index contributed by atoms with van der Waals surface area (Å²) in [6.45, 7) is 2.48. The fourth-order valence-corrected chi connectivity index (χ4v) is 3.75. The molecule has 0 saturated heterocycles. The summed E-state index contributed by atoms with van der Waals surface area (Å²) < 4.78 is 0. The Hall–Kier alpha value is -2.86. The van der Waals surface area contributed by atoms with Crippen LogP contribution >= 0.6 is 0 Å². The Morgan fingerprint density at radius 3 is 2.12 bits per heavy atom. The minimum atomic E-state index is -0.734. The van der Waals surface area contributed by atoms with Crippen molar-refractivity contribution >= 4 is 11.9 Å². The average Bonchev–Trinajstić information content (AvgIpc) is 2.85. The lowest BCUT2D eigenvalue weighted by molar-refractivity contribution is -0.260. The number of hydrogen-bond donors (Lipinski definition) is 2. The van der Waals surface area contributed by atoms with Crippen LogP contribution in [0.25, 0.3) is 0 Å². The van der Waals surface area contributed by atoms with Crippen LogP contribution in [-0.4, -0.2) is 23.1 Å². The van der Waals surface area contributed by atoms with E-state index in [2.05, 4.69) is 12.2 Å². The smallest absolute Gasteiger partial charge is 0.372 e. The van der Waals surface area contributed by atoms with Crippen molar-refractivity contribution in [1.82, 2.24) is 5.32 Å². The van der Waals surface area contributed by atoms with E-state index in [1.54, 1.807) is 18.2 Å². The van der Waals surface area contributed by atoms with E-state index in [-0.39, 0.29) is 18.7 Å². The van der Waals surface area contributed by atoms with Crippen molar-refractivity contribution in [1.29, 1.82) is 0 Å². The Labute approximate surface area is 203 Å². The van der Waals surface area contributed by atoms with Gasteiger partial charge in [-0.05, 0) is 24.5 Å². The first-order valence-corrected chi connectivity index (χ1v) is 12.6. The van der Waals surface area contributed by atoms with Crippen molar-refractivity contribution in [3.05, 3.63) is 65.7 Å². The van der Waals surface area contributed by atoms with Gasteiger partial charge in [0.15, 0.2) is 0 Å². The van der Waals surface area contributed by atoms with Gasteiger partial charge in [0.25, 0.3) is 0 Å². The largest absolute Gasteiger partial charge is 0.508 e. The molecule has 34 heavy (non-hydrogen) atoms. The lowest BCUT2D eigenvalue weighted by Crippen LogP contribution is -2.39. The first kappa shape index (κ1) is 27.4. The maximum Gasteiger partial charge on any atom is 0.372 e. The van der Waals surface area contributed by atoms with Crippen LogP contribution in [0.3, 0.4) is 0 Å². The highest BCUT2D eigenvalue weighted by Gasteiger charge is 2.23. The third kappa shape index (κ3) is 11.3. The van der Waals surface area contributed by atoms with Crippen molar-refractivity contribution in [2.45, 2.75) is 90.1 Å². The van der Waals surface area contributed by atoms with Gasteiger partial charge in [0, 0.05) is 12.1 Å². The van der Waals surface area contributed by atoms with Gasteiger partial charge in [-0.2, -0.15) is 0 Å². The van der Waals surface area contributed by atoms with Crippen LogP contribution in [0.1, 0.15) is 82.3 Å². The predicted octanol–water partition coefficient (Wildman–Crippen LogP) is 6.02. The van der Waals surface area contributed by atoms with Crippen LogP contribution in [0, 0.1) is 0 Å². The number of nitrogens with one attached hydrogen (secondary N) is 1. The number of rotatable bonds is 16. The molecule has 0 amide bonds. The molecule has 0 saturated carbocycles. The number of unbranched alkanes of at least 4 members (excludes halogenated alkanes) is 8. The molecule has 186 valence electrons. The summed E-state index contributed by atoms with van der Waals surface area (Å²) in [5, 5.41) is 13.1. The Bertz CT molecular complexity index is 840. The number of phenols is 1. The molecule has 0 aliphatic carbocycles. The average molecular weight is 470 g/mol. The molecule has 0 aliphatic rings. The molecule has 1 atom stereocenters. The first-order chi connectivity index (χ1) is 16.6. The van der Waals surface area contributed by atoms with Crippen molar-refractivity contribution < 1.29 is 24.5 Å². The third-order valence-electron chi connectivity index (χ3n) is 5.80. The second kappa shape index (κ2) is 16.7. The predicted molar refractivity (Wildman–Crippen MR) is 133 cm³/mol. The second-order valence-electron chi connectivity index (χ2n) is 8.69. The molecule has 0 spiro atoms.